The van der Waals surface area contributed by atoms with Crippen LogP contribution in [0.5, 0.6) is 0 Å². The Balaban J connectivity index is 1.96. The van der Waals surface area contributed by atoms with Crippen LogP contribution in [0.4, 0.5) is 0 Å². The fraction of sp³-hybridized carbons (Fsp3) is 0.625. The van der Waals surface area contributed by atoms with Crippen molar-refractivity contribution in [3.05, 3.63) is 11.2 Å². The molecule has 2 heterocycles. The Kier molecular flexibility index (Phi) is 2.83. The summed E-state index contributed by atoms with van der Waals surface area (Å²) in [6.07, 6.45) is 3.39. The first kappa shape index (κ1) is 10.0. The van der Waals surface area contributed by atoms with E-state index >= 15 is 0 Å². The molecule has 0 spiro atoms. The predicted octanol–water partition coefficient (Wildman–Crippen LogP) is 1.15. The number of allylic oxidation sites excluding steroid dienone is 1. The van der Waals surface area contributed by atoms with Gasteiger partial charge in [0, 0.05) is 0 Å². The molecule has 14 heavy (non-hydrogen) atoms. The van der Waals surface area contributed by atoms with Gasteiger partial charge in [-0.1, -0.05) is 0 Å². The summed E-state index contributed by atoms with van der Waals surface area (Å²) in [4.78, 5) is 0. The van der Waals surface area contributed by atoms with Gasteiger partial charge in [-0.15, -0.1) is 0 Å². The standard InChI is InChI=1S/C8H11NO3S2/c10-14(11)6-8(5-9-14)12-7-1-3-13-4-2-7/h5-7H,1-4H2. The highest BCUT2D eigenvalue weighted by Crippen LogP contribution is 2.22. The molecule has 0 aromatic carbocycles. The van der Waals surface area contributed by atoms with Crippen LogP contribution in [-0.4, -0.2) is 32.2 Å². The second-order valence-corrected chi connectivity index (χ2v) is 5.90. The lowest BCUT2D eigenvalue weighted by molar-refractivity contribution is 0.124. The highest BCUT2D eigenvalue weighted by atomic mass is 32.2. The van der Waals surface area contributed by atoms with Gasteiger partial charge in [0.1, 0.15) is 6.10 Å². The minimum atomic E-state index is -3.37. The molecular weight excluding hydrogens is 222 g/mol. The van der Waals surface area contributed by atoms with Crippen molar-refractivity contribution >= 4 is 28.0 Å². The van der Waals surface area contributed by atoms with E-state index in [1.54, 1.807) is 0 Å². The van der Waals surface area contributed by atoms with Crippen molar-refractivity contribution in [2.24, 2.45) is 4.40 Å². The second-order valence-electron chi connectivity index (χ2n) is 3.20. The molecule has 0 N–H and O–H groups in total. The molecule has 1 fully saturated rings. The van der Waals surface area contributed by atoms with Crippen molar-refractivity contribution < 1.29 is 13.2 Å². The maximum Gasteiger partial charge on any atom is 0.279 e. The Morgan fingerprint density at radius 1 is 1.43 bits per heavy atom. The van der Waals surface area contributed by atoms with Gasteiger partial charge in [-0.2, -0.15) is 24.6 Å². The number of sulfonamides is 1. The van der Waals surface area contributed by atoms with Gasteiger partial charge in [0.05, 0.1) is 11.6 Å². The van der Waals surface area contributed by atoms with Crippen LogP contribution < -0.4 is 0 Å². The average Bonchev–Trinajstić information content (AvgIpc) is 2.47. The molecule has 0 radical (unpaired) electrons. The Bertz CT molecular complexity index is 366. The number of rotatable bonds is 2. The van der Waals surface area contributed by atoms with Gasteiger partial charge in [-0.25, -0.2) is 0 Å². The zero-order valence-electron chi connectivity index (χ0n) is 7.55. The van der Waals surface area contributed by atoms with Gasteiger partial charge in [0.25, 0.3) is 10.0 Å². The number of ether oxygens (including phenoxy) is 1. The maximum atomic E-state index is 10.9. The molecule has 0 aromatic rings. The summed E-state index contributed by atoms with van der Waals surface area (Å²) in [6.45, 7) is 0. The van der Waals surface area contributed by atoms with Crippen molar-refractivity contribution in [3.8, 4) is 0 Å². The summed E-state index contributed by atoms with van der Waals surface area (Å²) in [5, 5.41) is 1.08. The summed E-state index contributed by atoms with van der Waals surface area (Å²) in [6, 6.07) is 0. The maximum absolute atomic E-state index is 10.9. The lowest BCUT2D eigenvalue weighted by Crippen LogP contribution is -2.18. The first-order chi connectivity index (χ1) is 6.66. The van der Waals surface area contributed by atoms with Crippen molar-refractivity contribution in [1.82, 2.24) is 0 Å². The topological polar surface area (TPSA) is 55.7 Å². The van der Waals surface area contributed by atoms with E-state index in [0.29, 0.717) is 5.76 Å². The summed E-state index contributed by atoms with van der Waals surface area (Å²) < 4.78 is 30.7. The lowest BCUT2D eigenvalue weighted by Gasteiger charge is -2.22. The summed E-state index contributed by atoms with van der Waals surface area (Å²) >= 11 is 1.91. The normalized spacial score (nSPS) is 26.1. The second kappa shape index (κ2) is 3.94. The van der Waals surface area contributed by atoms with Gasteiger partial charge in [0.15, 0.2) is 5.76 Å². The van der Waals surface area contributed by atoms with Crippen LogP contribution in [0.25, 0.3) is 0 Å². The third-order valence-electron chi connectivity index (χ3n) is 2.06. The largest absolute Gasteiger partial charge is 0.488 e. The Hall–Kier alpha value is -0.490. The minimum Gasteiger partial charge on any atom is -0.488 e. The Labute approximate surface area is 87.5 Å². The molecule has 6 heteroatoms. The minimum absolute atomic E-state index is 0.155. The van der Waals surface area contributed by atoms with Crippen LogP contribution in [0.1, 0.15) is 12.8 Å². The fourth-order valence-corrected chi connectivity index (χ4v) is 3.16. The molecule has 78 valence electrons. The third-order valence-corrected chi connectivity index (χ3v) is 4.04. The molecular formula is C8H11NO3S2. The van der Waals surface area contributed by atoms with E-state index in [4.69, 9.17) is 4.74 Å². The lowest BCUT2D eigenvalue weighted by atomic mass is 10.2. The van der Waals surface area contributed by atoms with Crippen molar-refractivity contribution in [1.29, 1.82) is 0 Å². The molecule has 4 nitrogen and oxygen atoms in total. The van der Waals surface area contributed by atoms with E-state index in [9.17, 15) is 8.42 Å². The van der Waals surface area contributed by atoms with Crippen LogP contribution in [0.3, 0.4) is 0 Å². The fourth-order valence-electron chi connectivity index (χ4n) is 1.38. The van der Waals surface area contributed by atoms with Crippen LogP contribution in [0.15, 0.2) is 15.6 Å². The van der Waals surface area contributed by atoms with Gasteiger partial charge in [-0.3, -0.25) is 0 Å². The zero-order valence-corrected chi connectivity index (χ0v) is 9.18. The van der Waals surface area contributed by atoms with Gasteiger partial charge >= 0.3 is 0 Å². The zero-order chi connectivity index (χ0) is 10.0. The molecule has 0 saturated carbocycles. The van der Waals surface area contributed by atoms with Gasteiger partial charge < -0.3 is 4.74 Å². The van der Waals surface area contributed by atoms with E-state index in [2.05, 4.69) is 4.40 Å². The van der Waals surface area contributed by atoms with Crippen LogP contribution in [0, 0.1) is 0 Å². The molecule has 0 bridgehead atoms. The molecule has 0 amide bonds. The Morgan fingerprint density at radius 2 is 2.14 bits per heavy atom. The van der Waals surface area contributed by atoms with Crippen LogP contribution in [-0.2, 0) is 14.8 Å². The monoisotopic (exact) mass is 233 g/mol. The van der Waals surface area contributed by atoms with E-state index in [1.165, 1.54) is 6.21 Å². The number of hydrogen-bond donors (Lipinski definition) is 0. The molecule has 1 saturated heterocycles. The molecule has 0 unspecified atom stereocenters. The van der Waals surface area contributed by atoms with E-state index in [-0.39, 0.29) is 6.10 Å². The quantitative estimate of drug-likeness (QED) is 0.718. The average molecular weight is 233 g/mol. The van der Waals surface area contributed by atoms with E-state index in [0.717, 1.165) is 29.8 Å². The van der Waals surface area contributed by atoms with Gasteiger partial charge in [-0.05, 0) is 24.3 Å². The molecule has 2 rings (SSSR count). The van der Waals surface area contributed by atoms with Crippen molar-refractivity contribution in [2.75, 3.05) is 11.5 Å². The van der Waals surface area contributed by atoms with E-state index in [1.807, 2.05) is 11.8 Å². The molecule has 2 aliphatic heterocycles. The first-order valence-corrected chi connectivity index (χ1v) is 7.08. The number of hydrogen-bond acceptors (Lipinski definition) is 4. The Morgan fingerprint density at radius 3 is 2.71 bits per heavy atom. The van der Waals surface area contributed by atoms with Crippen molar-refractivity contribution in [3.63, 3.8) is 0 Å². The SMILES string of the molecule is O=S1(=O)C=C(OC2CCSCC2)C=N1. The summed E-state index contributed by atoms with van der Waals surface area (Å²) in [7, 11) is -3.37. The molecule has 0 atom stereocenters. The van der Waals surface area contributed by atoms with Crippen LogP contribution in [0.2, 0.25) is 0 Å². The summed E-state index contributed by atoms with van der Waals surface area (Å²) in [5.74, 6) is 2.55. The van der Waals surface area contributed by atoms with E-state index < -0.39 is 10.0 Å². The number of thioether (sulfide) groups is 1. The van der Waals surface area contributed by atoms with Crippen molar-refractivity contribution in [2.45, 2.75) is 18.9 Å². The smallest absolute Gasteiger partial charge is 0.279 e. The van der Waals surface area contributed by atoms with Gasteiger partial charge in [0.2, 0.25) is 0 Å². The van der Waals surface area contributed by atoms with Crippen LogP contribution >= 0.6 is 11.8 Å². The first-order valence-electron chi connectivity index (χ1n) is 4.42. The predicted molar refractivity (Wildman–Crippen MR) is 56.9 cm³/mol. The highest BCUT2D eigenvalue weighted by Gasteiger charge is 2.19. The number of nitrogens with zero attached hydrogens (tertiary/aromatic N) is 1. The third kappa shape index (κ3) is 2.51. The highest BCUT2D eigenvalue weighted by molar-refractivity contribution is 7.99. The summed E-state index contributed by atoms with van der Waals surface area (Å²) in [5.41, 5.74) is 0. The molecule has 2 aliphatic rings. The molecule has 0 aliphatic carbocycles. The molecule has 0 aromatic heterocycles.